The summed E-state index contributed by atoms with van der Waals surface area (Å²) in [5.41, 5.74) is -0.0631. The summed E-state index contributed by atoms with van der Waals surface area (Å²) in [5.74, 6) is -1.68. The summed E-state index contributed by atoms with van der Waals surface area (Å²) in [6, 6.07) is 1.77. The van der Waals surface area contributed by atoms with Gasteiger partial charge in [-0.3, -0.25) is 4.79 Å². The highest BCUT2D eigenvalue weighted by Crippen LogP contribution is 2.34. The van der Waals surface area contributed by atoms with Crippen molar-refractivity contribution in [3.05, 3.63) is 22.7 Å². The third-order valence-corrected chi connectivity index (χ3v) is 2.89. The van der Waals surface area contributed by atoms with E-state index >= 15 is 0 Å². The van der Waals surface area contributed by atoms with Crippen LogP contribution in [-0.2, 0) is 4.79 Å². The predicted octanol–water partition coefficient (Wildman–Crippen LogP) is 1.10. The lowest BCUT2D eigenvalue weighted by Gasteiger charge is -2.16. The molecule has 1 aromatic rings. The standard InChI is InChI=1S/C11H9ClN2O5/c1-19-8-3-7(6(12)2-5(8)10(16)17)14-9(15)4-13-11(14)18/h2-3H,4H2,1H3,(H,13,18)(H,16,17). The molecule has 7 nitrogen and oxygen atoms in total. The normalized spacial score (nSPS) is 14.5. The first-order valence-corrected chi connectivity index (χ1v) is 5.55. The molecule has 0 radical (unpaired) electrons. The van der Waals surface area contributed by atoms with Crippen LogP contribution >= 0.6 is 11.6 Å². The van der Waals surface area contributed by atoms with Gasteiger partial charge in [0.1, 0.15) is 11.3 Å². The number of hydrogen-bond acceptors (Lipinski definition) is 4. The maximum Gasteiger partial charge on any atom is 0.339 e. The van der Waals surface area contributed by atoms with Crippen LogP contribution in [-0.4, -0.2) is 36.7 Å². The predicted molar refractivity (Wildman–Crippen MR) is 65.8 cm³/mol. The maximum atomic E-state index is 11.6. The minimum atomic E-state index is -1.22. The fraction of sp³-hybridized carbons (Fsp3) is 0.182. The van der Waals surface area contributed by atoms with E-state index in [2.05, 4.69) is 5.32 Å². The smallest absolute Gasteiger partial charge is 0.339 e. The number of nitrogens with one attached hydrogen (secondary N) is 1. The van der Waals surface area contributed by atoms with Gasteiger partial charge in [-0.05, 0) is 6.07 Å². The molecular weight excluding hydrogens is 276 g/mol. The summed E-state index contributed by atoms with van der Waals surface area (Å²) in [6.07, 6.45) is 0. The second-order valence-corrected chi connectivity index (χ2v) is 4.10. The Morgan fingerprint density at radius 1 is 1.47 bits per heavy atom. The molecule has 1 heterocycles. The molecule has 1 aliphatic rings. The minimum Gasteiger partial charge on any atom is -0.496 e. The van der Waals surface area contributed by atoms with Crippen LogP contribution in [0.15, 0.2) is 12.1 Å². The van der Waals surface area contributed by atoms with Crippen LogP contribution in [0.4, 0.5) is 10.5 Å². The third-order valence-electron chi connectivity index (χ3n) is 2.58. The lowest BCUT2D eigenvalue weighted by Crippen LogP contribution is -2.31. The number of hydrogen-bond donors (Lipinski definition) is 2. The van der Waals surface area contributed by atoms with E-state index in [1.807, 2.05) is 0 Å². The zero-order valence-electron chi connectivity index (χ0n) is 9.77. The summed E-state index contributed by atoms with van der Waals surface area (Å²) < 4.78 is 4.92. The van der Waals surface area contributed by atoms with Gasteiger partial charge in [0.25, 0.3) is 5.91 Å². The van der Waals surface area contributed by atoms with Crippen molar-refractivity contribution in [2.24, 2.45) is 0 Å². The molecule has 2 N–H and O–H groups in total. The van der Waals surface area contributed by atoms with Gasteiger partial charge in [0.2, 0.25) is 0 Å². The van der Waals surface area contributed by atoms with E-state index < -0.39 is 17.9 Å². The summed E-state index contributed by atoms with van der Waals surface area (Å²) in [4.78, 5) is 35.0. The molecule has 0 saturated carbocycles. The number of methoxy groups -OCH3 is 1. The van der Waals surface area contributed by atoms with E-state index in [0.29, 0.717) is 0 Å². The van der Waals surface area contributed by atoms with Crippen molar-refractivity contribution in [3.8, 4) is 5.75 Å². The number of carboxylic acid groups (broad SMARTS) is 1. The highest BCUT2D eigenvalue weighted by atomic mass is 35.5. The van der Waals surface area contributed by atoms with Gasteiger partial charge in [-0.2, -0.15) is 0 Å². The molecule has 100 valence electrons. The van der Waals surface area contributed by atoms with Crippen LogP contribution in [0.3, 0.4) is 0 Å². The first-order valence-electron chi connectivity index (χ1n) is 5.17. The number of rotatable bonds is 3. The fourth-order valence-electron chi connectivity index (χ4n) is 1.72. The molecular formula is C11H9ClN2O5. The Hall–Kier alpha value is -2.28. The van der Waals surface area contributed by atoms with E-state index in [1.54, 1.807) is 0 Å². The van der Waals surface area contributed by atoms with Gasteiger partial charge in [0, 0.05) is 6.07 Å². The van der Waals surface area contributed by atoms with Crippen molar-refractivity contribution >= 4 is 35.2 Å². The molecule has 1 aromatic carbocycles. The van der Waals surface area contributed by atoms with Crippen molar-refractivity contribution in [1.29, 1.82) is 0 Å². The van der Waals surface area contributed by atoms with Gasteiger partial charge in [0.15, 0.2) is 0 Å². The van der Waals surface area contributed by atoms with Crippen LogP contribution < -0.4 is 15.0 Å². The summed E-state index contributed by atoms with van der Waals surface area (Å²) in [7, 11) is 1.28. The van der Waals surface area contributed by atoms with Gasteiger partial charge in [0.05, 0.1) is 24.4 Å². The van der Waals surface area contributed by atoms with Crippen LogP contribution in [0.2, 0.25) is 5.02 Å². The second-order valence-electron chi connectivity index (χ2n) is 3.70. The van der Waals surface area contributed by atoms with Crippen LogP contribution in [0, 0.1) is 0 Å². The average molecular weight is 285 g/mol. The van der Waals surface area contributed by atoms with Gasteiger partial charge < -0.3 is 15.2 Å². The number of nitrogens with zero attached hydrogens (tertiary/aromatic N) is 1. The molecule has 3 amide bonds. The number of ether oxygens (including phenoxy) is 1. The van der Waals surface area contributed by atoms with Gasteiger partial charge >= 0.3 is 12.0 Å². The number of anilines is 1. The van der Waals surface area contributed by atoms with Crippen molar-refractivity contribution < 1.29 is 24.2 Å². The van der Waals surface area contributed by atoms with E-state index in [-0.39, 0.29) is 28.6 Å². The largest absolute Gasteiger partial charge is 0.496 e. The topological polar surface area (TPSA) is 95.9 Å². The van der Waals surface area contributed by atoms with Gasteiger partial charge in [-0.15, -0.1) is 0 Å². The Bertz CT molecular complexity index is 571. The highest BCUT2D eigenvalue weighted by Gasteiger charge is 2.32. The van der Waals surface area contributed by atoms with E-state index in [9.17, 15) is 14.4 Å². The van der Waals surface area contributed by atoms with Gasteiger partial charge in [-0.1, -0.05) is 11.6 Å². The fourth-order valence-corrected chi connectivity index (χ4v) is 1.96. The zero-order valence-corrected chi connectivity index (χ0v) is 10.5. The number of imide groups is 1. The number of urea groups is 1. The summed E-state index contributed by atoms with van der Waals surface area (Å²) in [5, 5.41) is 11.3. The van der Waals surface area contributed by atoms with Crippen molar-refractivity contribution in [3.63, 3.8) is 0 Å². The SMILES string of the molecule is COc1cc(N2C(=O)CNC2=O)c(Cl)cc1C(=O)O. The molecule has 1 saturated heterocycles. The number of carboxylic acids is 1. The number of amides is 3. The first kappa shape index (κ1) is 13.2. The first-order chi connectivity index (χ1) is 8.95. The lowest BCUT2D eigenvalue weighted by atomic mass is 10.1. The Morgan fingerprint density at radius 3 is 2.63 bits per heavy atom. The molecule has 0 unspecified atom stereocenters. The Morgan fingerprint density at radius 2 is 2.16 bits per heavy atom. The monoisotopic (exact) mass is 284 g/mol. The molecule has 8 heteroatoms. The van der Waals surface area contributed by atoms with Crippen LogP contribution in [0.25, 0.3) is 0 Å². The quantitative estimate of drug-likeness (QED) is 0.810. The summed E-state index contributed by atoms with van der Waals surface area (Å²) in [6.45, 7) is -0.127. The number of aromatic carboxylic acids is 1. The van der Waals surface area contributed by atoms with E-state index in [0.717, 1.165) is 11.0 Å². The Balaban J connectivity index is 2.56. The highest BCUT2D eigenvalue weighted by molar-refractivity contribution is 6.36. The van der Waals surface area contributed by atoms with E-state index in [1.165, 1.54) is 13.2 Å². The van der Waals surface area contributed by atoms with Crippen molar-refractivity contribution in [2.45, 2.75) is 0 Å². The lowest BCUT2D eigenvalue weighted by molar-refractivity contribution is -0.115. The molecule has 2 rings (SSSR count). The number of benzene rings is 1. The summed E-state index contributed by atoms with van der Waals surface area (Å²) >= 11 is 5.92. The third kappa shape index (κ3) is 2.19. The Labute approximate surface area is 112 Å². The molecule has 0 aliphatic carbocycles. The molecule has 19 heavy (non-hydrogen) atoms. The molecule has 0 atom stereocenters. The minimum absolute atomic E-state index is 0.0133. The molecule has 1 fully saturated rings. The Kier molecular flexibility index (Phi) is 3.30. The number of carbonyl (C=O) groups is 3. The van der Waals surface area contributed by atoms with Crippen molar-refractivity contribution in [1.82, 2.24) is 5.32 Å². The van der Waals surface area contributed by atoms with Crippen molar-refractivity contribution in [2.75, 3.05) is 18.6 Å². The molecule has 0 spiro atoms. The molecule has 1 aliphatic heterocycles. The molecule has 0 aromatic heterocycles. The molecule has 0 bridgehead atoms. The zero-order chi connectivity index (χ0) is 14.2. The number of halogens is 1. The van der Waals surface area contributed by atoms with Crippen LogP contribution in [0.1, 0.15) is 10.4 Å². The van der Waals surface area contributed by atoms with Gasteiger partial charge in [-0.25, -0.2) is 14.5 Å². The maximum absolute atomic E-state index is 11.6. The van der Waals surface area contributed by atoms with E-state index in [4.69, 9.17) is 21.4 Å². The average Bonchev–Trinajstić information content (AvgIpc) is 2.69. The second kappa shape index (κ2) is 4.77. The number of carbonyl (C=O) groups excluding carboxylic acids is 2. The van der Waals surface area contributed by atoms with Crippen LogP contribution in [0.5, 0.6) is 5.75 Å².